The molecular weight excluding hydrogens is 272 g/mol. The van der Waals surface area contributed by atoms with Crippen molar-refractivity contribution in [2.24, 2.45) is 17.6 Å². The van der Waals surface area contributed by atoms with E-state index in [1.54, 1.807) is 6.20 Å². The summed E-state index contributed by atoms with van der Waals surface area (Å²) in [6.07, 6.45) is 6.70. The number of nitrogens with zero attached hydrogens (tertiary/aromatic N) is 1. The Morgan fingerprint density at radius 2 is 2.14 bits per heavy atom. The third kappa shape index (κ3) is 4.29. The molecule has 1 aliphatic rings. The van der Waals surface area contributed by atoms with Crippen LogP contribution in [0.1, 0.15) is 31.4 Å². The van der Waals surface area contributed by atoms with Crippen molar-refractivity contribution in [3.05, 3.63) is 18.2 Å². The van der Waals surface area contributed by atoms with Crippen LogP contribution < -0.4 is 11.1 Å². The Labute approximate surface area is 123 Å². The number of nitrogens with two attached hydrogens (primary N) is 1. The first kappa shape index (κ1) is 15.5. The van der Waals surface area contributed by atoms with Crippen LogP contribution in [-0.4, -0.2) is 39.5 Å². The van der Waals surface area contributed by atoms with E-state index in [4.69, 9.17) is 5.73 Å². The highest BCUT2D eigenvalue weighted by atomic mass is 16.4. The van der Waals surface area contributed by atoms with Crippen LogP contribution in [0.5, 0.6) is 0 Å². The molecule has 1 amide bonds. The Bertz CT molecular complexity index is 467. The van der Waals surface area contributed by atoms with Crippen LogP contribution in [0.3, 0.4) is 0 Å². The lowest BCUT2D eigenvalue weighted by molar-refractivity contribution is -0.142. The Morgan fingerprint density at radius 3 is 2.67 bits per heavy atom. The van der Waals surface area contributed by atoms with Crippen LogP contribution >= 0.6 is 0 Å². The number of imidazole rings is 1. The minimum atomic E-state index is -1.03. The number of aromatic amines is 1. The van der Waals surface area contributed by atoms with Gasteiger partial charge in [-0.3, -0.25) is 4.79 Å². The van der Waals surface area contributed by atoms with E-state index in [1.165, 1.54) is 6.33 Å². The lowest BCUT2D eigenvalue weighted by atomic mass is 9.81. The molecule has 1 fully saturated rings. The minimum Gasteiger partial charge on any atom is -0.480 e. The van der Waals surface area contributed by atoms with Crippen molar-refractivity contribution < 1.29 is 14.7 Å². The molecule has 7 heteroatoms. The third-order valence-electron chi connectivity index (χ3n) is 4.14. The summed E-state index contributed by atoms with van der Waals surface area (Å²) in [5, 5.41) is 11.9. The Morgan fingerprint density at radius 1 is 1.43 bits per heavy atom. The molecule has 0 saturated heterocycles. The maximum Gasteiger partial charge on any atom is 0.326 e. The van der Waals surface area contributed by atoms with Crippen LogP contribution in [0.15, 0.2) is 12.5 Å². The Hall–Kier alpha value is -1.89. The van der Waals surface area contributed by atoms with E-state index in [0.29, 0.717) is 18.2 Å². The van der Waals surface area contributed by atoms with Crippen molar-refractivity contribution >= 4 is 11.9 Å². The van der Waals surface area contributed by atoms with Gasteiger partial charge < -0.3 is 21.1 Å². The lowest BCUT2D eigenvalue weighted by Crippen LogP contribution is -2.45. The highest BCUT2D eigenvalue weighted by Gasteiger charge is 2.29. The van der Waals surface area contributed by atoms with Crippen molar-refractivity contribution in [3.63, 3.8) is 0 Å². The molecule has 0 aromatic carbocycles. The number of aromatic nitrogens is 2. The van der Waals surface area contributed by atoms with Crippen molar-refractivity contribution in [1.82, 2.24) is 15.3 Å². The van der Waals surface area contributed by atoms with Crippen LogP contribution in [0, 0.1) is 11.8 Å². The summed E-state index contributed by atoms with van der Waals surface area (Å²) in [5.41, 5.74) is 6.32. The molecule has 5 N–H and O–H groups in total. The number of rotatable bonds is 6. The van der Waals surface area contributed by atoms with E-state index in [9.17, 15) is 14.7 Å². The number of carboxylic acid groups (broad SMARTS) is 1. The molecule has 0 spiro atoms. The smallest absolute Gasteiger partial charge is 0.326 e. The maximum atomic E-state index is 12.2. The number of nitrogens with one attached hydrogen (secondary N) is 2. The number of hydrogen-bond acceptors (Lipinski definition) is 4. The van der Waals surface area contributed by atoms with Gasteiger partial charge in [-0.15, -0.1) is 0 Å². The summed E-state index contributed by atoms with van der Waals surface area (Å²) >= 11 is 0. The van der Waals surface area contributed by atoms with Gasteiger partial charge >= 0.3 is 5.97 Å². The van der Waals surface area contributed by atoms with E-state index in [2.05, 4.69) is 15.3 Å². The van der Waals surface area contributed by atoms with Crippen LogP contribution in [-0.2, 0) is 16.0 Å². The Kier molecular flexibility index (Phi) is 5.32. The molecule has 1 atom stereocenters. The van der Waals surface area contributed by atoms with Gasteiger partial charge in [-0.1, -0.05) is 0 Å². The summed E-state index contributed by atoms with van der Waals surface area (Å²) in [5.74, 6) is -0.809. The molecule has 21 heavy (non-hydrogen) atoms. The molecule has 7 nitrogen and oxygen atoms in total. The van der Waals surface area contributed by atoms with Crippen LogP contribution in [0.4, 0.5) is 0 Å². The molecule has 1 aromatic rings. The van der Waals surface area contributed by atoms with Crippen molar-refractivity contribution in [2.45, 2.75) is 38.1 Å². The number of carboxylic acids is 1. The van der Waals surface area contributed by atoms with E-state index in [1.807, 2.05) is 0 Å². The van der Waals surface area contributed by atoms with Crippen LogP contribution in [0.25, 0.3) is 0 Å². The minimum absolute atomic E-state index is 0.101. The molecule has 0 radical (unpaired) electrons. The largest absolute Gasteiger partial charge is 0.480 e. The average molecular weight is 294 g/mol. The molecule has 1 saturated carbocycles. The van der Waals surface area contributed by atoms with Gasteiger partial charge in [0.05, 0.1) is 6.33 Å². The monoisotopic (exact) mass is 294 g/mol. The highest BCUT2D eigenvalue weighted by molar-refractivity contribution is 5.85. The fraction of sp³-hybridized carbons (Fsp3) is 0.643. The van der Waals surface area contributed by atoms with Gasteiger partial charge in [0.25, 0.3) is 0 Å². The maximum absolute atomic E-state index is 12.2. The Balaban J connectivity index is 1.88. The lowest BCUT2D eigenvalue weighted by Gasteiger charge is -2.27. The number of aliphatic carboxylic acids is 1. The molecule has 2 rings (SSSR count). The molecule has 1 aliphatic carbocycles. The fourth-order valence-electron chi connectivity index (χ4n) is 2.77. The average Bonchev–Trinajstić information content (AvgIpc) is 2.99. The fourth-order valence-corrected chi connectivity index (χ4v) is 2.77. The molecule has 0 unspecified atom stereocenters. The zero-order valence-electron chi connectivity index (χ0n) is 11.9. The van der Waals surface area contributed by atoms with Gasteiger partial charge in [-0.25, -0.2) is 9.78 Å². The first-order valence-corrected chi connectivity index (χ1v) is 7.30. The van der Waals surface area contributed by atoms with Crippen molar-refractivity contribution in [3.8, 4) is 0 Å². The van der Waals surface area contributed by atoms with Gasteiger partial charge in [0.15, 0.2) is 0 Å². The number of H-pyrrole nitrogens is 1. The second-order valence-electron chi connectivity index (χ2n) is 5.63. The van der Waals surface area contributed by atoms with E-state index >= 15 is 0 Å². The van der Waals surface area contributed by atoms with Gasteiger partial charge in [0, 0.05) is 24.2 Å². The molecule has 1 aromatic heterocycles. The van der Waals surface area contributed by atoms with Gasteiger partial charge in [-0.2, -0.15) is 0 Å². The zero-order chi connectivity index (χ0) is 15.2. The van der Waals surface area contributed by atoms with Crippen molar-refractivity contribution in [1.29, 1.82) is 0 Å². The number of carbonyl (C=O) groups excluding carboxylic acids is 1. The van der Waals surface area contributed by atoms with Crippen molar-refractivity contribution in [2.75, 3.05) is 6.54 Å². The molecule has 1 heterocycles. The second-order valence-corrected chi connectivity index (χ2v) is 5.63. The summed E-state index contributed by atoms with van der Waals surface area (Å²) in [4.78, 5) is 30.2. The molecule has 0 aliphatic heterocycles. The van der Waals surface area contributed by atoms with E-state index < -0.39 is 12.0 Å². The van der Waals surface area contributed by atoms with Gasteiger partial charge in [0.2, 0.25) is 5.91 Å². The van der Waals surface area contributed by atoms with Gasteiger partial charge in [-0.05, 0) is 38.1 Å². The first-order valence-electron chi connectivity index (χ1n) is 7.30. The van der Waals surface area contributed by atoms with E-state index in [0.717, 1.165) is 25.7 Å². The second kappa shape index (κ2) is 7.21. The number of amides is 1. The first-order chi connectivity index (χ1) is 10.1. The topological polar surface area (TPSA) is 121 Å². The summed E-state index contributed by atoms with van der Waals surface area (Å²) in [6.45, 7) is 0.659. The molecular formula is C14H22N4O3. The predicted molar refractivity (Wildman–Crippen MR) is 76.4 cm³/mol. The zero-order valence-corrected chi connectivity index (χ0v) is 11.9. The summed E-state index contributed by atoms with van der Waals surface area (Å²) in [7, 11) is 0. The predicted octanol–water partition coefficient (Wildman–Crippen LogP) is 0.287. The molecule has 116 valence electrons. The van der Waals surface area contributed by atoms with E-state index in [-0.39, 0.29) is 18.2 Å². The highest BCUT2D eigenvalue weighted by Crippen LogP contribution is 2.28. The summed E-state index contributed by atoms with van der Waals surface area (Å²) in [6, 6.07) is -0.926. The normalized spacial score (nSPS) is 23.5. The van der Waals surface area contributed by atoms with Crippen LogP contribution in [0.2, 0.25) is 0 Å². The quantitative estimate of drug-likeness (QED) is 0.600. The third-order valence-corrected chi connectivity index (χ3v) is 4.14. The standard InChI is InChI=1S/C14H22N4O3/c15-6-9-1-3-10(4-2-9)13(19)18-12(14(20)21)5-11-7-16-8-17-11/h7-10,12H,1-6,15H2,(H,16,17)(H,18,19)(H,20,21)/t9?,10?,12-/m0/s1. The summed E-state index contributed by atoms with van der Waals surface area (Å²) < 4.78 is 0. The molecule has 0 bridgehead atoms. The van der Waals surface area contributed by atoms with Gasteiger partial charge in [0.1, 0.15) is 6.04 Å². The number of hydrogen-bond donors (Lipinski definition) is 4. The number of carbonyl (C=O) groups is 2. The SMILES string of the molecule is NCC1CCC(C(=O)N[C@@H](Cc2cnc[nH]2)C(=O)O)CC1.